The lowest BCUT2D eigenvalue weighted by molar-refractivity contribution is 0.0924. The third-order valence-electron chi connectivity index (χ3n) is 4.94. The summed E-state index contributed by atoms with van der Waals surface area (Å²) in [5.41, 5.74) is 1.53. The number of carbonyl (C=O) groups excluding carboxylic acids is 1. The second-order valence-corrected chi connectivity index (χ2v) is 9.53. The zero-order valence-electron chi connectivity index (χ0n) is 15.5. The third kappa shape index (κ3) is 4.69. The van der Waals surface area contributed by atoms with Crippen molar-refractivity contribution in [2.75, 3.05) is 13.1 Å². The fourth-order valence-corrected chi connectivity index (χ4v) is 4.96. The summed E-state index contributed by atoms with van der Waals surface area (Å²) in [6.45, 7) is 2.76. The summed E-state index contributed by atoms with van der Waals surface area (Å²) in [5, 5.41) is 3.66. The average molecular weight is 441 g/mol. The van der Waals surface area contributed by atoms with Gasteiger partial charge in [0.1, 0.15) is 0 Å². The molecule has 3 rings (SSSR count). The van der Waals surface area contributed by atoms with Gasteiger partial charge in [0.05, 0.1) is 14.9 Å². The summed E-state index contributed by atoms with van der Waals surface area (Å²) >= 11 is 11.8. The second kappa shape index (κ2) is 8.82. The van der Waals surface area contributed by atoms with Gasteiger partial charge in [-0.1, -0.05) is 42.3 Å². The first-order valence-electron chi connectivity index (χ1n) is 9.16. The highest BCUT2D eigenvalue weighted by Crippen LogP contribution is 2.24. The summed E-state index contributed by atoms with van der Waals surface area (Å²) in [5.74, 6) is -0.241. The number of hydrogen-bond donors (Lipinski definition) is 1. The predicted molar refractivity (Wildman–Crippen MR) is 112 cm³/mol. The van der Waals surface area contributed by atoms with E-state index in [9.17, 15) is 13.2 Å². The normalized spacial score (nSPS) is 16.1. The second-order valence-electron chi connectivity index (χ2n) is 6.78. The van der Waals surface area contributed by atoms with E-state index < -0.39 is 10.0 Å². The smallest absolute Gasteiger partial charge is 0.251 e. The molecule has 1 aliphatic rings. The molecule has 5 nitrogen and oxygen atoms in total. The van der Waals surface area contributed by atoms with Gasteiger partial charge in [-0.3, -0.25) is 4.79 Å². The number of sulfonamides is 1. The SMILES string of the molecule is CCc1ccc(S(=O)(=O)N2CCC(NC(=O)c3ccc(Cl)c(Cl)c3)CC2)cc1. The summed E-state index contributed by atoms with van der Waals surface area (Å²) in [4.78, 5) is 12.7. The molecule has 1 aliphatic heterocycles. The van der Waals surface area contributed by atoms with Crippen LogP contribution in [0.2, 0.25) is 10.0 Å². The van der Waals surface area contributed by atoms with Gasteiger partial charge in [0.15, 0.2) is 0 Å². The van der Waals surface area contributed by atoms with E-state index in [1.807, 2.05) is 19.1 Å². The van der Waals surface area contributed by atoms with Crippen LogP contribution in [0.1, 0.15) is 35.7 Å². The molecule has 2 aromatic carbocycles. The Morgan fingerprint density at radius 3 is 2.29 bits per heavy atom. The predicted octanol–water partition coefficient (Wildman–Crippen LogP) is 4.14. The van der Waals surface area contributed by atoms with Gasteiger partial charge in [-0.05, 0) is 55.2 Å². The Balaban J connectivity index is 1.60. The van der Waals surface area contributed by atoms with Crippen LogP contribution in [-0.4, -0.2) is 37.8 Å². The molecular weight excluding hydrogens is 419 g/mol. The summed E-state index contributed by atoms with van der Waals surface area (Å²) in [6.07, 6.45) is 1.98. The Bertz CT molecular complexity index is 954. The van der Waals surface area contributed by atoms with E-state index in [4.69, 9.17) is 23.2 Å². The van der Waals surface area contributed by atoms with Crippen LogP contribution in [0.4, 0.5) is 0 Å². The quantitative estimate of drug-likeness (QED) is 0.759. The van der Waals surface area contributed by atoms with E-state index in [-0.39, 0.29) is 11.9 Å². The van der Waals surface area contributed by atoms with Crippen molar-refractivity contribution < 1.29 is 13.2 Å². The van der Waals surface area contributed by atoms with Crippen molar-refractivity contribution >= 4 is 39.1 Å². The van der Waals surface area contributed by atoms with Gasteiger partial charge in [0.25, 0.3) is 5.91 Å². The zero-order chi connectivity index (χ0) is 20.3. The maximum absolute atomic E-state index is 12.8. The number of benzene rings is 2. The van der Waals surface area contributed by atoms with Gasteiger partial charge < -0.3 is 5.32 Å². The topological polar surface area (TPSA) is 66.5 Å². The van der Waals surface area contributed by atoms with E-state index in [1.165, 1.54) is 10.4 Å². The molecule has 1 saturated heterocycles. The van der Waals surface area contributed by atoms with Crippen LogP contribution < -0.4 is 5.32 Å². The number of halogens is 2. The van der Waals surface area contributed by atoms with Gasteiger partial charge in [-0.25, -0.2) is 8.42 Å². The van der Waals surface area contributed by atoms with Crippen LogP contribution in [0.25, 0.3) is 0 Å². The number of piperidine rings is 1. The van der Waals surface area contributed by atoms with Gasteiger partial charge in [-0.2, -0.15) is 4.31 Å². The van der Waals surface area contributed by atoms with E-state index >= 15 is 0 Å². The molecule has 1 amide bonds. The van der Waals surface area contributed by atoms with Crippen molar-refractivity contribution in [2.24, 2.45) is 0 Å². The molecule has 0 radical (unpaired) electrons. The Kier molecular flexibility index (Phi) is 6.65. The minimum Gasteiger partial charge on any atom is -0.349 e. The molecule has 1 fully saturated rings. The molecule has 150 valence electrons. The largest absolute Gasteiger partial charge is 0.349 e. The van der Waals surface area contributed by atoms with Crippen molar-refractivity contribution in [1.82, 2.24) is 9.62 Å². The monoisotopic (exact) mass is 440 g/mol. The van der Waals surface area contributed by atoms with E-state index in [2.05, 4.69) is 5.32 Å². The lowest BCUT2D eigenvalue weighted by Gasteiger charge is -2.31. The Morgan fingerprint density at radius 2 is 1.71 bits per heavy atom. The Morgan fingerprint density at radius 1 is 1.07 bits per heavy atom. The van der Waals surface area contributed by atoms with Crippen LogP contribution in [0, 0.1) is 0 Å². The van der Waals surface area contributed by atoms with Crippen molar-refractivity contribution in [2.45, 2.75) is 37.1 Å². The lowest BCUT2D eigenvalue weighted by atomic mass is 10.1. The molecule has 1 heterocycles. The van der Waals surface area contributed by atoms with Crippen molar-refractivity contribution in [3.05, 3.63) is 63.6 Å². The minimum absolute atomic E-state index is 0.0872. The number of rotatable bonds is 5. The van der Waals surface area contributed by atoms with Gasteiger partial charge in [0.2, 0.25) is 10.0 Å². The van der Waals surface area contributed by atoms with Gasteiger partial charge in [-0.15, -0.1) is 0 Å². The number of amides is 1. The van der Waals surface area contributed by atoms with Crippen LogP contribution >= 0.6 is 23.2 Å². The molecule has 0 atom stereocenters. The van der Waals surface area contributed by atoms with E-state index in [1.54, 1.807) is 24.3 Å². The standard InChI is InChI=1S/C20H22Cl2N2O3S/c1-2-14-3-6-17(7-4-14)28(26,27)24-11-9-16(10-12-24)23-20(25)15-5-8-18(21)19(22)13-15/h3-8,13,16H,2,9-12H2,1H3,(H,23,25). The number of hydrogen-bond acceptors (Lipinski definition) is 3. The van der Waals surface area contributed by atoms with Crippen molar-refractivity contribution in [3.8, 4) is 0 Å². The van der Waals surface area contributed by atoms with Gasteiger partial charge in [0, 0.05) is 24.7 Å². The molecule has 28 heavy (non-hydrogen) atoms. The van der Waals surface area contributed by atoms with Crippen LogP contribution in [0.15, 0.2) is 47.4 Å². The van der Waals surface area contributed by atoms with Crippen LogP contribution in [0.3, 0.4) is 0 Å². The fourth-order valence-electron chi connectivity index (χ4n) is 3.19. The molecule has 2 aromatic rings. The molecule has 8 heteroatoms. The summed E-state index contributed by atoms with van der Waals surface area (Å²) in [6, 6.07) is 11.6. The number of nitrogens with zero attached hydrogens (tertiary/aromatic N) is 1. The summed E-state index contributed by atoms with van der Waals surface area (Å²) in [7, 11) is -3.51. The molecule has 0 bridgehead atoms. The minimum atomic E-state index is -3.51. The van der Waals surface area contributed by atoms with Crippen molar-refractivity contribution in [1.29, 1.82) is 0 Å². The highest BCUT2D eigenvalue weighted by Gasteiger charge is 2.30. The molecule has 1 N–H and O–H groups in total. The highest BCUT2D eigenvalue weighted by molar-refractivity contribution is 7.89. The van der Waals surface area contributed by atoms with E-state index in [0.717, 1.165) is 12.0 Å². The number of carbonyl (C=O) groups is 1. The molecule has 0 aliphatic carbocycles. The first-order valence-corrected chi connectivity index (χ1v) is 11.4. The summed E-state index contributed by atoms with van der Waals surface area (Å²) < 4.78 is 27.1. The first kappa shape index (κ1) is 21.1. The molecule has 0 aromatic heterocycles. The lowest BCUT2D eigenvalue weighted by Crippen LogP contribution is -2.46. The van der Waals surface area contributed by atoms with Crippen LogP contribution in [-0.2, 0) is 16.4 Å². The number of nitrogens with one attached hydrogen (secondary N) is 1. The molecule has 0 unspecified atom stereocenters. The molecular formula is C20H22Cl2N2O3S. The van der Waals surface area contributed by atoms with Crippen molar-refractivity contribution in [3.63, 3.8) is 0 Å². The fraction of sp³-hybridized carbons (Fsp3) is 0.350. The maximum Gasteiger partial charge on any atom is 0.251 e. The third-order valence-corrected chi connectivity index (χ3v) is 7.59. The molecule has 0 saturated carbocycles. The Labute approximate surface area is 175 Å². The Hall–Kier alpha value is -1.60. The number of aryl methyl sites for hydroxylation is 1. The van der Waals surface area contributed by atoms with Gasteiger partial charge >= 0.3 is 0 Å². The average Bonchev–Trinajstić information content (AvgIpc) is 2.70. The van der Waals surface area contributed by atoms with E-state index in [0.29, 0.717) is 46.4 Å². The molecule has 0 spiro atoms. The highest BCUT2D eigenvalue weighted by atomic mass is 35.5. The zero-order valence-corrected chi connectivity index (χ0v) is 17.8. The maximum atomic E-state index is 12.8. The van der Waals surface area contributed by atoms with Crippen LogP contribution in [0.5, 0.6) is 0 Å². The first-order chi connectivity index (χ1) is 13.3.